The number of likely N-dealkylation sites (tertiary alicyclic amines) is 1. The van der Waals surface area contributed by atoms with E-state index in [-0.39, 0.29) is 0 Å². The molecular formula is C14H29N3O2. The number of nitrogens with zero attached hydrogens (tertiary/aromatic N) is 2. The van der Waals surface area contributed by atoms with E-state index in [9.17, 15) is 5.11 Å². The molecule has 1 heterocycles. The van der Waals surface area contributed by atoms with Gasteiger partial charge in [-0.25, -0.2) is 0 Å². The molecule has 0 radical (unpaired) electrons. The van der Waals surface area contributed by atoms with E-state index in [4.69, 9.17) is 10.5 Å². The number of aliphatic hydroxyl groups is 1. The molecule has 19 heavy (non-hydrogen) atoms. The van der Waals surface area contributed by atoms with Crippen LogP contribution >= 0.6 is 0 Å². The number of guanidine groups is 1. The van der Waals surface area contributed by atoms with E-state index in [1.807, 2.05) is 0 Å². The van der Waals surface area contributed by atoms with Gasteiger partial charge in [-0.1, -0.05) is 20.8 Å². The van der Waals surface area contributed by atoms with Crippen molar-refractivity contribution in [3.05, 3.63) is 0 Å². The second kappa shape index (κ2) is 8.38. The molecule has 5 nitrogen and oxygen atoms in total. The van der Waals surface area contributed by atoms with Gasteiger partial charge in [0.1, 0.15) is 0 Å². The normalized spacial score (nSPS) is 22.9. The fourth-order valence-electron chi connectivity index (χ4n) is 2.19. The fourth-order valence-corrected chi connectivity index (χ4v) is 2.19. The van der Waals surface area contributed by atoms with Crippen molar-refractivity contribution in [2.45, 2.75) is 39.7 Å². The van der Waals surface area contributed by atoms with Crippen molar-refractivity contribution in [3.8, 4) is 0 Å². The molecule has 3 N–H and O–H groups in total. The zero-order valence-electron chi connectivity index (χ0n) is 12.5. The monoisotopic (exact) mass is 271 g/mol. The van der Waals surface area contributed by atoms with Crippen LogP contribution in [-0.2, 0) is 4.74 Å². The molecule has 0 bridgehead atoms. The molecule has 0 spiro atoms. The SMILES string of the molecule is CC(C)COCC(O)CN=C(N)N1CCCC(C)C1. The first-order valence-electron chi connectivity index (χ1n) is 7.29. The molecule has 1 aliphatic rings. The Hall–Kier alpha value is -0.810. The molecule has 0 aliphatic carbocycles. The Kier molecular flexibility index (Phi) is 7.16. The lowest BCUT2D eigenvalue weighted by Crippen LogP contribution is -2.44. The van der Waals surface area contributed by atoms with E-state index in [0.717, 1.165) is 19.5 Å². The second-order valence-corrected chi connectivity index (χ2v) is 5.98. The molecule has 1 rings (SSSR count). The summed E-state index contributed by atoms with van der Waals surface area (Å²) in [6.45, 7) is 9.64. The number of aliphatic imine (C=N–C) groups is 1. The minimum absolute atomic E-state index is 0.314. The van der Waals surface area contributed by atoms with Crippen LogP contribution in [0, 0.1) is 11.8 Å². The molecule has 0 amide bonds. The van der Waals surface area contributed by atoms with Gasteiger partial charge >= 0.3 is 0 Å². The van der Waals surface area contributed by atoms with Crippen molar-refractivity contribution in [2.75, 3.05) is 32.8 Å². The van der Waals surface area contributed by atoms with Gasteiger partial charge in [-0.3, -0.25) is 4.99 Å². The lowest BCUT2D eigenvalue weighted by Gasteiger charge is -2.31. The maximum Gasteiger partial charge on any atom is 0.191 e. The van der Waals surface area contributed by atoms with Gasteiger partial charge in [0.15, 0.2) is 5.96 Å². The fraction of sp³-hybridized carbons (Fsp3) is 0.929. The Labute approximate surface area is 116 Å². The molecule has 0 aromatic rings. The van der Waals surface area contributed by atoms with Crippen LogP contribution in [-0.4, -0.2) is 54.9 Å². The van der Waals surface area contributed by atoms with Crippen molar-refractivity contribution in [2.24, 2.45) is 22.6 Å². The van der Waals surface area contributed by atoms with Gasteiger partial charge < -0.3 is 20.5 Å². The molecule has 2 unspecified atom stereocenters. The van der Waals surface area contributed by atoms with Gasteiger partial charge in [0.25, 0.3) is 0 Å². The summed E-state index contributed by atoms with van der Waals surface area (Å²) in [6.07, 6.45) is 1.85. The first-order chi connectivity index (χ1) is 8.99. The predicted octanol–water partition coefficient (Wildman–Crippen LogP) is 1.07. The number of ether oxygens (including phenoxy) is 1. The quantitative estimate of drug-likeness (QED) is 0.560. The van der Waals surface area contributed by atoms with Gasteiger partial charge in [0.05, 0.1) is 19.3 Å². The highest BCUT2D eigenvalue weighted by molar-refractivity contribution is 5.78. The maximum absolute atomic E-state index is 9.76. The summed E-state index contributed by atoms with van der Waals surface area (Å²) >= 11 is 0. The van der Waals surface area contributed by atoms with E-state index in [1.54, 1.807) is 0 Å². The highest BCUT2D eigenvalue weighted by Gasteiger charge is 2.17. The van der Waals surface area contributed by atoms with E-state index >= 15 is 0 Å². The van der Waals surface area contributed by atoms with Crippen molar-refractivity contribution < 1.29 is 9.84 Å². The summed E-state index contributed by atoms with van der Waals surface area (Å²) in [5.41, 5.74) is 5.96. The molecule has 0 aromatic carbocycles. The van der Waals surface area contributed by atoms with Crippen LogP contribution in [0.4, 0.5) is 0 Å². The predicted molar refractivity (Wildman–Crippen MR) is 78.1 cm³/mol. The summed E-state index contributed by atoms with van der Waals surface area (Å²) in [5, 5.41) is 9.76. The third-order valence-corrected chi connectivity index (χ3v) is 3.21. The van der Waals surface area contributed by atoms with Crippen molar-refractivity contribution in [3.63, 3.8) is 0 Å². The summed E-state index contributed by atoms with van der Waals surface area (Å²) in [6, 6.07) is 0. The van der Waals surface area contributed by atoms with Crippen LogP contribution < -0.4 is 5.73 Å². The zero-order chi connectivity index (χ0) is 14.3. The van der Waals surface area contributed by atoms with Crippen molar-refractivity contribution >= 4 is 5.96 Å². The van der Waals surface area contributed by atoms with Crippen LogP contribution in [0.5, 0.6) is 0 Å². The number of nitrogens with two attached hydrogens (primary N) is 1. The molecule has 1 saturated heterocycles. The lowest BCUT2D eigenvalue weighted by molar-refractivity contribution is 0.0300. The van der Waals surface area contributed by atoms with Gasteiger partial charge in [0, 0.05) is 19.7 Å². The molecule has 1 aliphatic heterocycles. The third-order valence-electron chi connectivity index (χ3n) is 3.21. The lowest BCUT2D eigenvalue weighted by atomic mass is 10.0. The van der Waals surface area contributed by atoms with E-state index in [2.05, 4.69) is 30.7 Å². The highest BCUT2D eigenvalue weighted by Crippen LogP contribution is 2.14. The smallest absolute Gasteiger partial charge is 0.191 e. The summed E-state index contributed by atoms with van der Waals surface area (Å²) < 4.78 is 5.38. The van der Waals surface area contributed by atoms with E-state index < -0.39 is 6.10 Å². The minimum atomic E-state index is -0.570. The van der Waals surface area contributed by atoms with Gasteiger partial charge in [-0.05, 0) is 24.7 Å². The highest BCUT2D eigenvalue weighted by atomic mass is 16.5. The van der Waals surface area contributed by atoms with Crippen molar-refractivity contribution in [1.82, 2.24) is 4.90 Å². The van der Waals surface area contributed by atoms with Gasteiger partial charge in [-0.15, -0.1) is 0 Å². The Bertz CT molecular complexity index is 282. The van der Waals surface area contributed by atoms with Gasteiger partial charge in [-0.2, -0.15) is 0 Å². The maximum atomic E-state index is 9.76. The molecular weight excluding hydrogens is 242 g/mol. The van der Waals surface area contributed by atoms with E-state index in [0.29, 0.717) is 37.6 Å². The minimum Gasteiger partial charge on any atom is -0.389 e. The molecule has 112 valence electrons. The Morgan fingerprint density at radius 1 is 1.47 bits per heavy atom. The van der Waals surface area contributed by atoms with Gasteiger partial charge in [0.2, 0.25) is 0 Å². The summed E-state index contributed by atoms with van der Waals surface area (Å²) in [5.74, 6) is 1.70. The number of rotatable bonds is 6. The summed E-state index contributed by atoms with van der Waals surface area (Å²) in [7, 11) is 0. The first-order valence-corrected chi connectivity index (χ1v) is 7.29. The zero-order valence-corrected chi connectivity index (χ0v) is 12.5. The number of piperidine rings is 1. The number of hydrogen-bond acceptors (Lipinski definition) is 3. The average Bonchev–Trinajstić information content (AvgIpc) is 2.35. The molecule has 5 heteroatoms. The Balaban J connectivity index is 2.26. The Morgan fingerprint density at radius 3 is 2.84 bits per heavy atom. The van der Waals surface area contributed by atoms with Crippen molar-refractivity contribution in [1.29, 1.82) is 0 Å². The standard InChI is InChI=1S/C14H29N3O2/c1-11(2)9-19-10-13(18)7-16-14(15)17-6-4-5-12(3)8-17/h11-13,18H,4-10H2,1-3H3,(H2,15,16). The largest absolute Gasteiger partial charge is 0.389 e. The third kappa shape index (κ3) is 6.78. The first kappa shape index (κ1) is 16.2. The second-order valence-electron chi connectivity index (χ2n) is 5.98. The molecule has 2 atom stereocenters. The van der Waals surface area contributed by atoms with Crippen LogP contribution in [0.25, 0.3) is 0 Å². The summed E-state index contributed by atoms with van der Waals surface area (Å²) in [4.78, 5) is 6.38. The van der Waals surface area contributed by atoms with E-state index in [1.165, 1.54) is 6.42 Å². The van der Waals surface area contributed by atoms with Crippen LogP contribution in [0.3, 0.4) is 0 Å². The van der Waals surface area contributed by atoms with Crippen LogP contribution in [0.15, 0.2) is 4.99 Å². The number of hydrogen-bond donors (Lipinski definition) is 2. The topological polar surface area (TPSA) is 71.1 Å². The average molecular weight is 271 g/mol. The molecule has 0 saturated carbocycles. The molecule has 1 fully saturated rings. The Morgan fingerprint density at radius 2 is 2.21 bits per heavy atom. The van der Waals surface area contributed by atoms with Crippen LogP contribution in [0.1, 0.15) is 33.6 Å². The molecule has 0 aromatic heterocycles. The number of aliphatic hydroxyl groups excluding tert-OH is 1. The van der Waals surface area contributed by atoms with Crippen LogP contribution in [0.2, 0.25) is 0 Å².